The summed E-state index contributed by atoms with van der Waals surface area (Å²) in [6, 6.07) is 6.54. The van der Waals surface area contributed by atoms with Crippen molar-refractivity contribution in [3.05, 3.63) is 40.2 Å². The van der Waals surface area contributed by atoms with E-state index < -0.39 is 5.63 Å². The number of methoxy groups -OCH3 is 1. The molecule has 0 aliphatic heterocycles. The van der Waals surface area contributed by atoms with Gasteiger partial charge in [0.15, 0.2) is 0 Å². The molecule has 0 saturated heterocycles. The third kappa shape index (κ3) is 1.75. The van der Waals surface area contributed by atoms with Crippen molar-refractivity contribution >= 4 is 17.2 Å². The van der Waals surface area contributed by atoms with Gasteiger partial charge in [0.05, 0.1) is 13.3 Å². The van der Waals surface area contributed by atoms with Crippen molar-refractivity contribution in [2.45, 2.75) is 0 Å². The minimum atomic E-state index is -0.448. The molecule has 0 atom stereocenters. The first-order valence-electron chi connectivity index (χ1n) is 4.60. The lowest BCUT2D eigenvalue weighted by atomic mass is 10.1. The molecule has 1 aromatic heterocycles. The van der Waals surface area contributed by atoms with Crippen LogP contribution in [0.2, 0.25) is 0 Å². The van der Waals surface area contributed by atoms with Gasteiger partial charge in [-0.1, -0.05) is 0 Å². The second-order valence-corrected chi connectivity index (χ2v) is 3.16. The van der Waals surface area contributed by atoms with Gasteiger partial charge < -0.3 is 15.0 Å². The van der Waals surface area contributed by atoms with Gasteiger partial charge in [-0.05, 0) is 12.1 Å². The number of rotatable bonds is 2. The van der Waals surface area contributed by atoms with Gasteiger partial charge in [-0.2, -0.15) is 5.10 Å². The van der Waals surface area contributed by atoms with Crippen LogP contribution in [0.4, 0.5) is 0 Å². The first-order valence-corrected chi connectivity index (χ1v) is 4.60. The van der Waals surface area contributed by atoms with Gasteiger partial charge in [-0.25, -0.2) is 4.79 Å². The zero-order valence-corrected chi connectivity index (χ0v) is 8.64. The predicted octanol–water partition coefficient (Wildman–Crippen LogP) is 1.09. The molecule has 16 heavy (non-hydrogen) atoms. The molecule has 1 aromatic carbocycles. The van der Waals surface area contributed by atoms with E-state index in [0.717, 1.165) is 5.39 Å². The molecule has 5 heteroatoms. The number of benzene rings is 1. The molecular weight excluding hydrogens is 208 g/mol. The molecule has 0 fully saturated rings. The van der Waals surface area contributed by atoms with Crippen LogP contribution in [-0.4, -0.2) is 13.3 Å². The van der Waals surface area contributed by atoms with Gasteiger partial charge in [0.25, 0.3) is 0 Å². The highest BCUT2D eigenvalue weighted by atomic mass is 16.5. The van der Waals surface area contributed by atoms with E-state index >= 15 is 0 Å². The van der Waals surface area contributed by atoms with Crippen molar-refractivity contribution in [3.63, 3.8) is 0 Å². The first kappa shape index (κ1) is 10.2. The Hall–Kier alpha value is -2.30. The van der Waals surface area contributed by atoms with E-state index in [2.05, 4.69) is 5.10 Å². The quantitative estimate of drug-likeness (QED) is 0.354. The summed E-state index contributed by atoms with van der Waals surface area (Å²) in [5.41, 5.74) is 0.619. The first-order chi connectivity index (χ1) is 7.74. The summed E-state index contributed by atoms with van der Waals surface area (Å²) in [6.07, 6.45) is 1.41. The molecule has 0 radical (unpaired) electrons. The minimum Gasteiger partial charge on any atom is -0.497 e. The lowest BCUT2D eigenvalue weighted by Gasteiger charge is -2.02. The van der Waals surface area contributed by atoms with Crippen LogP contribution in [0.5, 0.6) is 5.75 Å². The molecule has 0 aliphatic rings. The van der Waals surface area contributed by atoms with E-state index in [0.29, 0.717) is 16.9 Å². The van der Waals surface area contributed by atoms with E-state index in [1.807, 2.05) is 0 Å². The molecular formula is C11H10N2O3. The Kier molecular flexibility index (Phi) is 2.59. The number of hydrazone groups is 1. The molecule has 5 nitrogen and oxygen atoms in total. The van der Waals surface area contributed by atoms with Gasteiger partial charge in [0, 0.05) is 23.1 Å². The van der Waals surface area contributed by atoms with E-state index in [-0.39, 0.29) is 0 Å². The SMILES string of the molecule is COc1ccc2c(/C=N/N)cc(=O)oc2c1. The highest BCUT2D eigenvalue weighted by Crippen LogP contribution is 2.21. The molecule has 82 valence electrons. The average molecular weight is 218 g/mol. The number of nitrogens with zero attached hydrogens (tertiary/aromatic N) is 1. The fourth-order valence-electron chi connectivity index (χ4n) is 1.48. The van der Waals surface area contributed by atoms with Crippen molar-refractivity contribution < 1.29 is 9.15 Å². The lowest BCUT2D eigenvalue weighted by molar-refractivity contribution is 0.414. The molecule has 2 aromatic rings. The fourth-order valence-corrected chi connectivity index (χ4v) is 1.48. The molecule has 2 N–H and O–H groups in total. The van der Waals surface area contributed by atoms with Gasteiger partial charge in [0.1, 0.15) is 11.3 Å². The second kappa shape index (κ2) is 4.06. The summed E-state index contributed by atoms with van der Waals surface area (Å²) in [4.78, 5) is 11.3. The lowest BCUT2D eigenvalue weighted by Crippen LogP contribution is -2.01. The summed E-state index contributed by atoms with van der Waals surface area (Å²) in [5, 5.41) is 4.16. The van der Waals surface area contributed by atoms with Crippen molar-refractivity contribution in [2.75, 3.05) is 7.11 Å². The van der Waals surface area contributed by atoms with Crippen molar-refractivity contribution in [1.29, 1.82) is 0 Å². The van der Waals surface area contributed by atoms with Gasteiger partial charge in [-0.15, -0.1) is 0 Å². The highest BCUT2D eigenvalue weighted by Gasteiger charge is 2.04. The Labute approximate surface area is 91.1 Å². The van der Waals surface area contributed by atoms with Crippen LogP contribution < -0.4 is 16.2 Å². The third-order valence-electron chi connectivity index (χ3n) is 2.20. The fraction of sp³-hybridized carbons (Fsp3) is 0.0909. The summed E-state index contributed by atoms with van der Waals surface area (Å²) >= 11 is 0. The van der Waals surface area contributed by atoms with E-state index in [9.17, 15) is 4.79 Å². The van der Waals surface area contributed by atoms with Gasteiger partial charge in [-0.3, -0.25) is 0 Å². The Morgan fingerprint density at radius 3 is 2.94 bits per heavy atom. The van der Waals surface area contributed by atoms with Gasteiger partial charge >= 0.3 is 5.63 Å². The zero-order chi connectivity index (χ0) is 11.5. The summed E-state index contributed by atoms with van der Waals surface area (Å²) in [5.74, 6) is 5.69. The Bertz CT molecular complexity index is 602. The summed E-state index contributed by atoms with van der Waals surface area (Å²) < 4.78 is 10.1. The van der Waals surface area contributed by atoms with E-state index in [1.54, 1.807) is 25.3 Å². The maximum Gasteiger partial charge on any atom is 0.336 e. The molecule has 0 spiro atoms. The van der Waals surface area contributed by atoms with Crippen LogP contribution in [0.3, 0.4) is 0 Å². The topological polar surface area (TPSA) is 77.8 Å². The Morgan fingerprint density at radius 2 is 2.25 bits per heavy atom. The van der Waals surface area contributed by atoms with Crippen molar-refractivity contribution in [3.8, 4) is 5.75 Å². The number of hydrogen-bond acceptors (Lipinski definition) is 5. The number of hydrogen-bond donors (Lipinski definition) is 1. The summed E-state index contributed by atoms with van der Waals surface area (Å²) in [7, 11) is 1.55. The maximum atomic E-state index is 11.3. The van der Waals surface area contributed by atoms with E-state index in [4.69, 9.17) is 15.0 Å². The van der Waals surface area contributed by atoms with E-state index in [1.165, 1.54) is 12.3 Å². The molecule has 1 heterocycles. The second-order valence-electron chi connectivity index (χ2n) is 3.16. The van der Waals surface area contributed by atoms with Crippen molar-refractivity contribution in [1.82, 2.24) is 0 Å². The van der Waals surface area contributed by atoms with Crippen LogP contribution in [0.1, 0.15) is 5.56 Å². The maximum absolute atomic E-state index is 11.3. The number of ether oxygens (including phenoxy) is 1. The average Bonchev–Trinajstić information content (AvgIpc) is 2.28. The number of fused-ring (bicyclic) bond motifs is 1. The monoisotopic (exact) mass is 218 g/mol. The largest absolute Gasteiger partial charge is 0.497 e. The zero-order valence-electron chi connectivity index (χ0n) is 8.64. The highest BCUT2D eigenvalue weighted by molar-refractivity contribution is 5.97. The Balaban J connectivity index is 2.78. The molecule has 0 unspecified atom stereocenters. The molecule has 0 amide bonds. The number of nitrogens with two attached hydrogens (primary N) is 1. The molecule has 0 bridgehead atoms. The van der Waals surface area contributed by atoms with Crippen LogP contribution in [0.15, 0.2) is 38.6 Å². The molecule has 2 rings (SSSR count). The van der Waals surface area contributed by atoms with Crippen LogP contribution in [0, 0.1) is 0 Å². The molecule has 0 saturated carbocycles. The molecule has 0 aliphatic carbocycles. The van der Waals surface area contributed by atoms with Crippen molar-refractivity contribution in [2.24, 2.45) is 10.9 Å². The standard InChI is InChI=1S/C11H10N2O3/c1-15-8-2-3-9-7(6-13-12)4-11(14)16-10(9)5-8/h2-6H,12H2,1H3/b13-6+. The normalized spacial score (nSPS) is 11.1. The third-order valence-corrected chi connectivity index (χ3v) is 2.20. The van der Waals surface area contributed by atoms with Gasteiger partial charge in [0.2, 0.25) is 0 Å². The smallest absolute Gasteiger partial charge is 0.336 e. The van der Waals surface area contributed by atoms with Crippen LogP contribution in [-0.2, 0) is 0 Å². The predicted molar refractivity (Wildman–Crippen MR) is 60.8 cm³/mol. The van der Waals surface area contributed by atoms with Crippen LogP contribution in [0.25, 0.3) is 11.0 Å². The van der Waals surface area contributed by atoms with Crippen LogP contribution >= 0.6 is 0 Å². The summed E-state index contributed by atoms with van der Waals surface area (Å²) in [6.45, 7) is 0. The minimum absolute atomic E-state index is 0.446. The Morgan fingerprint density at radius 1 is 1.44 bits per heavy atom.